The lowest BCUT2D eigenvalue weighted by molar-refractivity contribution is 0.0703. The van der Waals surface area contributed by atoms with Crippen molar-refractivity contribution < 1.29 is 33.0 Å². The zero-order valence-electron chi connectivity index (χ0n) is 18.7. The highest BCUT2D eigenvalue weighted by atomic mass is 16.6. The number of benzene rings is 3. The average molecular weight is 456 g/mol. The van der Waals surface area contributed by atoms with E-state index in [-0.39, 0.29) is 23.1 Å². The van der Waals surface area contributed by atoms with E-state index in [1.807, 2.05) is 18.2 Å². The molecule has 0 aliphatic carbocycles. The average Bonchev–Trinajstić information content (AvgIpc) is 3.41. The monoisotopic (exact) mass is 456 g/mol. The Kier molecular flexibility index (Phi) is 5.30. The number of ketones is 1. The van der Waals surface area contributed by atoms with E-state index >= 15 is 0 Å². The molecule has 1 aliphatic heterocycles. The van der Waals surface area contributed by atoms with Crippen LogP contribution in [0.2, 0.25) is 0 Å². The van der Waals surface area contributed by atoms with Gasteiger partial charge in [0.2, 0.25) is 11.5 Å². The number of rotatable bonds is 5. The smallest absolute Gasteiger partial charge is 0.379 e. The second-order valence-electron chi connectivity index (χ2n) is 7.71. The van der Waals surface area contributed by atoms with E-state index < -0.39 is 5.97 Å². The maximum Gasteiger partial charge on any atom is 0.379 e. The SMILES string of the molecule is COc1ccc(/C=C2\Oc3cc(OC(=O)c4cc5cccc(OC)c5o4)cc(C)c3C2=O)cc1. The van der Waals surface area contributed by atoms with E-state index in [4.69, 9.17) is 23.4 Å². The van der Waals surface area contributed by atoms with E-state index in [0.717, 1.165) is 10.9 Å². The van der Waals surface area contributed by atoms with E-state index in [2.05, 4.69) is 0 Å². The molecule has 170 valence electrons. The van der Waals surface area contributed by atoms with Gasteiger partial charge in [-0.1, -0.05) is 24.3 Å². The summed E-state index contributed by atoms with van der Waals surface area (Å²) in [5.41, 5.74) is 2.33. The van der Waals surface area contributed by atoms with Crippen LogP contribution in [0.4, 0.5) is 0 Å². The molecule has 4 aromatic rings. The molecular formula is C27H20O7. The minimum absolute atomic E-state index is 0.0368. The van der Waals surface area contributed by atoms with Crippen LogP contribution in [0.3, 0.4) is 0 Å². The molecule has 0 saturated heterocycles. The fourth-order valence-electron chi connectivity index (χ4n) is 3.84. The fraction of sp³-hybridized carbons (Fsp3) is 0.111. The van der Waals surface area contributed by atoms with E-state index in [0.29, 0.717) is 34.0 Å². The van der Waals surface area contributed by atoms with Crippen molar-refractivity contribution in [2.75, 3.05) is 14.2 Å². The Labute approximate surface area is 195 Å². The Morgan fingerprint density at radius 3 is 2.47 bits per heavy atom. The van der Waals surface area contributed by atoms with E-state index in [1.165, 1.54) is 13.2 Å². The Balaban J connectivity index is 1.40. The number of ether oxygens (including phenoxy) is 4. The number of carbonyl (C=O) groups excluding carboxylic acids is 2. The van der Waals surface area contributed by atoms with Gasteiger partial charge < -0.3 is 23.4 Å². The summed E-state index contributed by atoms with van der Waals surface area (Å²) >= 11 is 0. The first kappa shape index (κ1) is 21.3. The van der Waals surface area contributed by atoms with Crippen LogP contribution in [0.5, 0.6) is 23.0 Å². The van der Waals surface area contributed by atoms with Gasteiger partial charge >= 0.3 is 5.97 Å². The summed E-state index contributed by atoms with van der Waals surface area (Å²) in [5.74, 6) is 1.14. The zero-order chi connectivity index (χ0) is 23.8. The van der Waals surface area contributed by atoms with Crippen molar-refractivity contribution in [2.45, 2.75) is 6.92 Å². The molecule has 2 heterocycles. The molecule has 5 rings (SSSR count). The first-order valence-corrected chi connectivity index (χ1v) is 10.5. The molecule has 0 spiro atoms. The number of hydrogen-bond acceptors (Lipinski definition) is 7. The number of allylic oxidation sites excluding steroid dienone is 1. The standard InChI is InChI=1S/C27H20O7/c1-15-11-19(32-27(29)23-13-17-5-4-6-20(31-3)26(17)34-23)14-21-24(15)25(28)22(33-21)12-16-7-9-18(30-2)10-8-16/h4-14H,1-3H3/b22-12-. The quantitative estimate of drug-likeness (QED) is 0.220. The van der Waals surface area contributed by atoms with Crippen molar-refractivity contribution in [3.8, 4) is 23.0 Å². The number of hydrogen-bond donors (Lipinski definition) is 0. The first-order chi connectivity index (χ1) is 16.5. The molecule has 0 N–H and O–H groups in total. The highest BCUT2D eigenvalue weighted by molar-refractivity contribution is 6.15. The van der Waals surface area contributed by atoms with Crippen molar-refractivity contribution in [3.63, 3.8) is 0 Å². The maximum atomic E-state index is 12.9. The normalized spacial score (nSPS) is 13.6. The third-order valence-electron chi connectivity index (χ3n) is 5.50. The highest BCUT2D eigenvalue weighted by Gasteiger charge is 2.30. The Hall–Kier alpha value is -4.52. The third-order valence-corrected chi connectivity index (χ3v) is 5.50. The molecular weight excluding hydrogens is 436 g/mol. The molecule has 3 aromatic carbocycles. The summed E-state index contributed by atoms with van der Waals surface area (Å²) in [5, 5.41) is 0.721. The molecule has 0 amide bonds. The van der Waals surface area contributed by atoms with Crippen LogP contribution in [-0.2, 0) is 0 Å². The van der Waals surface area contributed by atoms with E-state index in [9.17, 15) is 9.59 Å². The summed E-state index contributed by atoms with van der Waals surface area (Å²) in [6.45, 7) is 1.76. The minimum Gasteiger partial charge on any atom is -0.497 e. The van der Waals surface area contributed by atoms with Gasteiger partial charge in [-0.2, -0.15) is 0 Å². The number of furan rings is 1. The van der Waals surface area contributed by atoms with Crippen molar-refractivity contribution in [3.05, 3.63) is 88.9 Å². The minimum atomic E-state index is -0.670. The summed E-state index contributed by atoms with van der Waals surface area (Å²) in [6, 6.07) is 17.4. The van der Waals surface area contributed by atoms with Crippen molar-refractivity contribution in [1.29, 1.82) is 0 Å². The Morgan fingerprint density at radius 2 is 1.74 bits per heavy atom. The molecule has 34 heavy (non-hydrogen) atoms. The Morgan fingerprint density at radius 1 is 0.941 bits per heavy atom. The van der Waals surface area contributed by atoms with Crippen LogP contribution in [0, 0.1) is 6.92 Å². The summed E-state index contributed by atoms with van der Waals surface area (Å²) in [4.78, 5) is 25.6. The molecule has 0 saturated carbocycles. The van der Waals surface area contributed by atoms with Crippen LogP contribution < -0.4 is 18.9 Å². The largest absolute Gasteiger partial charge is 0.497 e. The van der Waals surface area contributed by atoms with Crippen molar-refractivity contribution >= 4 is 28.8 Å². The topological polar surface area (TPSA) is 84.2 Å². The number of carbonyl (C=O) groups is 2. The van der Waals surface area contributed by atoms with Gasteiger partial charge in [0.1, 0.15) is 17.2 Å². The van der Waals surface area contributed by atoms with E-state index in [1.54, 1.807) is 56.5 Å². The number of para-hydroxylation sites is 1. The van der Waals surface area contributed by atoms with Crippen LogP contribution in [-0.4, -0.2) is 26.0 Å². The van der Waals surface area contributed by atoms with Gasteiger partial charge in [-0.25, -0.2) is 4.79 Å². The van der Waals surface area contributed by atoms with Crippen LogP contribution in [0.1, 0.15) is 32.0 Å². The van der Waals surface area contributed by atoms with Crippen LogP contribution in [0.15, 0.2) is 70.8 Å². The summed E-state index contributed by atoms with van der Waals surface area (Å²) in [7, 11) is 3.12. The van der Waals surface area contributed by atoms with Crippen LogP contribution >= 0.6 is 0 Å². The molecule has 0 fully saturated rings. The second-order valence-corrected chi connectivity index (χ2v) is 7.71. The predicted octanol–water partition coefficient (Wildman–Crippen LogP) is 5.59. The number of methoxy groups -OCH3 is 2. The van der Waals surface area contributed by atoms with Crippen LogP contribution in [0.25, 0.3) is 17.0 Å². The molecule has 1 aliphatic rings. The first-order valence-electron chi connectivity index (χ1n) is 10.5. The van der Waals surface area contributed by atoms with Gasteiger partial charge in [0.15, 0.2) is 17.1 Å². The second kappa shape index (κ2) is 8.44. The zero-order valence-corrected chi connectivity index (χ0v) is 18.7. The fourth-order valence-corrected chi connectivity index (χ4v) is 3.84. The van der Waals surface area contributed by atoms with Gasteiger partial charge in [-0.05, 0) is 54.5 Å². The summed E-state index contributed by atoms with van der Waals surface area (Å²) in [6.07, 6.45) is 1.66. The van der Waals surface area contributed by atoms with Gasteiger partial charge in [-0.3, -0.25) is 4.79 Å². The number of Topliss-reactive ketones (excluding diaryl/α,β-unsaturated/α-hetero) is 1. The third kappa shape index (κ3) is 3.77. The lowest BCUT2D eigenvalue weighted by Crippen LogP contribution is -2.07. The van der Waals surface area contributed by atoms with Gasteiger partial charge in [0, 0.05) is 11.5 Å². The highest BCUT2D eigenvalue weighted by Crippen LogP contribution is 2.38. The molecule has 0 bridgehead atoms. The van der Waals surface area contributed by atoms with Crippen molar-refractivity contribution in [1.82, 2.24) is 0 Å². The lowest BCUT2D eigenvalue weighted by Gasteiger charge is -2.06. The Bertz CT molecular complexity index is 1460. The molecule has 7 nitrogen and oxygen atoms in total. The van der Waals surface area contributed by atoms with Gasteiger partial charge in [-0.15, -0.1) is 0 Å². The molecule has 0 radical (unpaired) electrons. The molecule has 0 atom stereocenters. The summed E-state index contributed by atoms with van der Waals surface area (Å²) < 4.78 is 27.4. The van der Waals surface area contributed by atoms with Gasteiger partial charge in [0.05, 0.1) is 19.8 Å². The number of fused-ring (bicyclic) bond motifs is 2. The number of aryl methyl sites for hydroxylation is 1. The van der Waals surface area contributed by atoms with Crippen molar-refractivity contribution in [2.24, 2.45) is 0 Å². The van der Waals surface area contributed by atoms with Gasteiger partial charge in [0.25, 0.3) is 0 Å². The molecule has 0 unspecified atom stereocenters. The molecule has 1 aromatic heterocycles. The predicted molar refractivity (Wildman–Crippen MR) is 125 cm³/mol. The lowest BCUT2D eigenvalue weighted by atomic mass is 10.0. The number of esters is 1. The maximum absolute atomic E-state index is 12.9. The molecule has 7 heteroatoms.